The predicted molar refractivity (Wildman–Crippen MR) is 124 cm³/mol. The second-order valence-corrected chi connectivity index (χ2v) is 8.59. The van der Waals surface area contributed by atoms with Gasteiger partial charge in [0, 0.05) is 23.2 Å². The molecular weight excluding hydrogens is 406 g/mol. The molecule has 0 saturated heterocycles. The van der Waals surface area contributed by atoms with Crippen LogP contribution in [0.25, 0.3) is 22.0 Å². The SMILES string of the molecule is Cc1sc(-c2ccccn2)nc1-c1ccc2c(c1)N(CCc1ccccc1)C(=O)CO2. The van der Waals surface area contributed by atoms with E-state index in [4.69, 9.17) is 9.72 Å². The summed E-state index contributed by atoms with van der Waals surface area (Å²) in [6, 6.07) is 22.0. The highest BCUT2D eigenvalue weighted by Gasteiger charge is 2.26. The first-order valence-corrected chi connectivity index (χ1v) is 11.0. The summed E-state index contributed by atoms with van der Waals surface area (Å²) in [5, 5.41) is 0.888. The van der Waals surface area contributed by atoms with Gasteiger partial charge in [-0.15, -0.1) is 11.3 Å². The Morgan fingerprint density at radius 1 is 1.06 bits per heavy atom. The summed E-state index contributed by atoms with van der Waals surface area (Å²) in [6.07, 6.45) is 2.56. The van der Waals surface area contributed by atoms with Crippen molar-refractivity contribution in [3.63, 3.8) is 0 Å². The number of thiazole rings is 1. The van der Waals surface area contributed by atoms with Gasteiger partial charge in [-0.05, 0) is 49.2 Å². The van der Waals surface area contributed by atoms with Gasteiger partial charge in [0.1, 0.15) is 10.8 Å². The minimum absolute atomic E-state index is 0.0234. The fourth-order valence-corrected chi connectivity index (χ4v) is 4.66. The number of aryl methyl sites for hydroxylation is 1. The maximum atomic E-state index is 12.7. The molecule has 5 rings (SSSR count). The molecule has 0 aliphatic carbocycles. The van der Waals surface area contributed by atoms with Gasteiger partial charge in [0.2, 0.25) is 0 Å². The molecular formula is C25H21N3O2S. The standard InChI is InChI=1S/C25H21N3O2S/c1-17-24(27-25(31-17)20-9-5-6-13-26-20)19-10-11-22-21(15-19)28(23(29)16-30-22)14-12-18-7-3-2-4-8-18/h2-11,13,15H,12,14,16H2,1H3. The lowest BCUT2D eigenvalue weighted by molar-refractivity contribution is -0.121. The van der Waals surface area contributed by atoms with E-state index in [1.54, 1.807) is 17.5 Å². The van der Waals surface area contributed by atoms with E-state index in [2.05, 4.69) is 24.0 Å². The number of hydrogen-bond donors (Lipinski definition) is 0. The van der Waals surface area contributed by atoms with Gasteiger partial charge in [0.15, 0.2) is 6.61 Å². The van der Waals surface area contributed by atoms with E-state index in [0.29, 0.717) is 6.54 Å². The van der Waals surface area contributed by atoms with Crippen LogP contribution in [0.5, 0.6) is 5.75 Å². The number of carbonyl (C=O) groups excluding carboxylic acids is 1. The minimum atomic E-state index is -0.0234. The highest BCUT2D eigenvalue weighted by molar-refractivity contribution is 7.15. The second kappa shape index (κ2) is 8.32. The van der Waals surface area contributed by atoms with Crippen molar-refractivity contribution in [3.8, 4) is 27.7 Å². The van der Waals surface area contributed by atoms with Crippen LogP contribution in [0.1, 0.15) is 10.4 Å². The third-order valence-corrected chi connectivity index (χ3v) is 6.32. The van der Waals surface area contributed by atoms with Crippen LogP contribution in [0, 0.1) is 6.92 Å². The molecule has 0 atom stereocenters. The molecule has 0 spiro atoms. The highest BCUT2D eigenvalue weighted by Crippen LogP contribution is 2.39. The summed E-state index contributed by atoms with van der Waals surface area (Å²) in [5.74, 6) is 0.707. The molecule has 1 aliphatic rings. The highest BCUT2D eigenvalue weighted by atomic mass is 32.1. The van der Waals surface area contributed by atoms with E-state index in [1.165, 1.54) is 5.56 Å². The first kappa shape index (κ1) is 19.5. The first-order valence-electron chi connectivity index (χ1n) is 10.2. The van der Waals surface area contributed by atoms with Gasteiger partial charge in [0.05, 0.1) is 17.1 Å². The van der Waals surface area contributed by atoms with Crippen LogP contribution >= 0.6 is 11.3 Å². The van der Waals surface area contributed by atoms with Crippen molar-refractivity contribution < 1.29 is 9.53 Å². The summed E-state index contributed by atoms with van der Waals surface area (Å²) < 4.78 is 5.69. The van der Waals surface area contributed by atoms with Crippen LogP contribution in [-0.2, 0) is 11.2 Å². The molecule has 0 N–H and O–H groups in total. The maximum absolute atomic E-state index is 12.7. The first-order chi connectivity index (χ1) is 15.2. The molecule has 154 valence electrons. The number of aromatic nitrogens is 2. The van der Waals surface area contributed by atoms with Crippen molar-refractivity contribution in [2.24, 2.45) is 0 Å². The second-order valence-electron chi connectivity index (χ2n) is 7.39. The van der Waals surface area contributed by atoms with Crippen molar-refractivity contribution in [1.29, 1.82) is 0 Å². The Morgan fingerprint density at radius 3 is 2.71 bits per heavy atom. The van der Waals surface area contributed by atoms with Gasteiger partial charge >= 0.3 is 0 Å². The van der Waals surface area contributed by atoms with E-state index in [9.17, 15) is 4.79 Å². The molecule has 0 bridgehead atoms. The molecule has 2 aromatic carbocycles. The quantitative estimate of drug-likeness (QED) is 0.442. The summed E-state index contributed by atoms with van der Waals surface area (Å²) in [4.78, 5) is 24.9. The van der Waals surface area contributed by atoms with E-state index in [-0.39, 0.29) is 12.5 Å². The molecule has 0 unspecified atom stereocenters. The van der Waals surface area contributed by atoms with Crippen LogP contribution in [0.2, 0.25) is 0 Å². The molecule has 31 heavy (non-hydrogen) atoms. The topological polar surface area (TPSA) is 55.3 Å². The molecule has 4 aromatic rings. The maximum Gasteiger partial charge on any atom is 0.265 e. The van der Waals surface area contributed by atoms with Gasteiger partial charge in [-0.1, -0.05) is 36.4 Å². The van der Waals surface area contributed by atoms with Crippen LogP contribution in [0.15, 0.2) is 72.9 Å². The molecule has 3 heterocycles. The number of benzene rings is 2. The summed E-state index contributed by atoms with van der Waals surface area (Å²) in [7, 11) is 0. The third kappa shape index (κ3) is 3.94. The van der Waals surface area contributed by atoms with Gasteiger partial charge in [-0.2, -0.15) is 0 Å². The lowest BCUT2D eigenvalue weighted by Crippen LogP contribution is -2.40. The fourth-order valence-electron chi connectivity index (χ4n) is 3.74. The Kier molecular flexibility index (Phi) is 5.22. The number of amides is 1. The Bertz CT molecular complexity index is 1220. The average molecular weight is 428 g/mol. The number of carbonyl (C=O) groups is 1. The Morgan fingerprint density at radius 2 is 1.90 bits per heavy atom. The number of nitrogens with zero attached hydrogens (tertiary/aromatic N) is 3. The summed E-state index contributed by atoms with van der Waals surface area (Å²) in [5.41, 5.74) is 4.75. The molecule has 0 fully saturated rings. The number of hydrogen-bond acceptors (Lipinski definition) is 5. The van der Waals surface area contributed by atoms with Crippen LogP contribution in [0.3, 0.4) is 0 Å². The van der Waals surface area contributed by atoms with Crippen LogP contribution in [-0.4, -0.2) is 29.0 Å². The minimum Gasteiger partial charge on any atom is -0.482 e. The zero-order chi connectivity index (χ0) is 21.2. The number of rotatable bonds is 5. The molecule has 6 heteroatoms. The van der Waals surface area contributed by atoms with Gasteiger partial charge < -0.3 is 9.64 Å². The molecule has 0 radical (unpaired) electrons. The number of fused-ring (bicyclic) bond motifs is 1. The molecule has 1 aliphatic heterocycles. The fraction of sp³-hybridized carbons (Fsp3) is 0.160. The Hall–Kier alpha value is -3.51. The van der Waals surface area contributed by atoms with Crippen molar-refractivity contribution in [2.45, 2.75) is 13.3 Å². The van der Waals surface area contributed by atoms with Crippen LogP contribution < -0.4 is 9.64 Å². The number of ether oxygens (including phenoxy) is 1. The lowest BCUT2D eigenvalue weighted by Gasteiger charge is -2.30. The monoisotopic (exact) mass is 427 g/mol. The van der Waals surface area contributed by atoms with Crippen molar-refractivity contribution in [3.05, 3.63) is 83.4 Å². The number of pyridine rings is 1. The Labute approximate surface area is 185 Å². The predicted octanol–water partition coefficient (Wildman–Crippen LogP) is 5.15. The van der Waals surface area contributed by atoms with E-state index in [0.717, 1.165) is 44.7 Å². The largest absolute Gasteiger partial charge is 0.482 e. The molecule has 1 amide bonds. The van der Waals surface area contributed by atoms with E-state index < -0.39 is 0 Å². The summed E-state index contributed by atoms with van der Waals surface area (Å²) in [6.45, 7) is 2.74. The van der Waals surface area contributed by atoms with Gasteiger partial charge in [0.25, 0.3) is 5.91 Å². The van der Waals surface area contributed by atoms with Crippen LogP contribution in [0.4, 0.5) is 5.69 Å². The molecule has 2 aromatic heterocycles. The molecule has 0 saturated carbocycles. The van der Waals surface area contributed by atoms with E-state index >= 15 is 0 Å². The number of anilines is 1. The third-order valence-electron chi connectivity index (χ3n) is 5.32. The normalized spacial score (nSPS) is 13.1. The van der Waals surface area contributed by atoms with Gasteiger partial charge in [-0.3, -0.25) is 9.78 Å². The smallest absolute Gasteiger partial charge is 0.265 e. The van der Waals surface area contributed by atoms with E-state index in [1.807, 2.05) is 59.5 Å². The zero-order valence-corrected chi connectivity index (χ0v) is 17.9. The molecule has 5 nitrogen and oxygen atoms in total. The summed E-state index contributed by atoms with van der Waals surface area (Å²) >= 11 is 1.62. The van der Waals surface area contributed by atoms with Crippen molar-refractivity contribution in [2.75, 3.05) is 18.1 Å². The van der Waals surface area contributed by atoms with Crippen molar-refractivity contribution in [1.82, 2.24) is 9.97 Å². The Balaban J connectivity index is 1.47. The van der Waals surface area contributed by atoms with Gasteiger partial charge in [-0.25, -0.2) is 4.98 Å². The lowest BCUT2D eigenvalue weighted by atomic mass is 10.1. The van der Waals surface area contributed by atoms with Crippen molar-refractivity contribution >= 4 is 22.9 Å². The zero-order valence-electron chi connectivity index (χ0n) is 17.1. The average Bonchev–Trinajstić information content (AvgIpc) is 3.21.